The summed E-state index contributed by atoms with van der Waals surface area (Å²) < 4.78 is 1.60. The number of aliphatic hydroxyl groups excluding tert-OH is 1. The van der Waals surface area contributed by atoms with E-state index in [2.05, 4.69) is 10.3 Å². The topological polar surface area (TPSA) is 71.2 Å². The van der Waals surface area contributed by atoms with E-state index in [1.165, 1.54) is 5.56 Å². The molecule has 110 valence electrons. The maximum absolute atomic E-state index is 12.3. The number of rotatable bonds is 2. The molecular formula is C15H18N4O2. The van der Waals surface area contributed by atoms with Crippen LogP contribution in [0.3, 0.4) is 0 Å². The summed E-state index contributed by atoms with van der Waals surface area (Å²) in [5, 5.41) is 17.5. The molecule has 0 aliphatic carbocycles. The van der Waals surface area contributed by atoms with Crippen molar-refractivity contribution in [3.63, 3.8) is 0 Å². The fraction of sp³-hybridized carbons (Fsp3) is 0.400. The van der Waals surface area contributed by atoms with Crippen LogP contribution < -0.4 is 0 Å². The summed E-state index contributed by atoms with van der Waals surface area (Å²) >= 11 is 0. The molecule has 0 radical (unpaired) electrons. The van der Waals surface area contributed by atoms with Gasteiger partial charge in [0.25, 0.3) is 5.91 Å². The number of aliphatic hydroxyl groups is 1. The number of carbonyl (C=O) groups is 1. The van der Waals surface area contributed by atoms with Gasteiger partial charge in [-0.15, -0.1) is 5.10 Å². The number of aromatic nitrogens is 3. The van der Waals surface area contributed by atoms with Crippen LogP contribution in [0.4, 0.5) is 0 Å². The van der Waals surface area contributed by atoms with Gasteiger partial charge in [-0.3, -0.25) is 4.79 Å². The molecule has 1 fully saturated rings. The van der Waals surface area contributed by atoms with Crippen molar-refractivity contribution in [3.8, 4) is 5.69 Å². The van der Waals surface area contributed by atoms with Gasteiger partial charge in [-0.1, -0.05) is 22.9 Å². The molecule has 6 nitrogen and oxygen atoms in total. The van der Waals surface area contributed by atoms with E-state index in [0.29, 0.717) is 31.6 Å². The molecular weight excluding hydrogens is 268 g/mol. The van der Waals surface area contributed by atoms with Gasteiger partial charge in [0.2, 0.25) is 0 Å². The molecule has 6 heteroatoms. The quantitative estimate of drug-likeness (QED) is 0.899. The zero-order valence-corrected chi connectivity index (χ0v) is 11.9. The predicted octanol–water partition coefficient (Wildman–Crippen LogP) is 1.17. The summed E-state index contributed by atoms with van der Waals surface area (Å²) in [6.45, 7) is 3.15. The number of benzene rings is 1. The van der Waals surface area contributed by atoms with Gasteiger partial charge < -0.3 is 10.0 Å². The van der Waals surface area contributed by atoms with Crippen molar-refractivity contribution in [2.75, 3.05) is 13.1 Å². The monoisotopic (exact) mass is 286 g/mol. The second-order valence-corrected chi connectivity index (χ2v) is 5.41. The molecule has 1 saturated heterocycles. The Labute approximate surface area is 123 Å². The molecule has 2 aromatic rings. The summed E-state index contributed by atoms with van der Waals surface area (Å²) in [7, 11) is 0. The first-order chi connectivity index (χ1) is 10.1. The third-order valence-electron chi connectivity index (χ3n) is 3.76. The minimum atomic E-state index is -0.294. The molecule has 1 aromatic carbocycles. The van der Waals surface area contributed by atoms with Crippen LogP contribution in [0.1, 0.15) is 28.9 Å². The van der Waals surface area contributed by atoms with Crippen LogP contribution in [-0.4, -0.2) is 50.1 Å². The minimum absolute atomic E-state index is 0.125. The van der Waals surface area contributed by atoms with Crippen molar-refractivity contribution in [1.82, 2.24) is 19.9 Å². The average Bonchev–Trinajstić information content (AvgIpc) is 2.98. The van der Waals surface area contributed by atoms with E-state index in [4.69, 9.17) is 0 Å². The zero-order valence-electron chi connectivity index (χ0n) is 11.9. The largest absolute Gasteiger partial charge is 0.393 e. The molecule has 0 bridgehead atoms. The molecule has 1 amide bonds. The molecule has 3 rings (SSSR count). The SMILES string of the molecule is Cc1ccc(-n2cc(C(=O)N3CCC(O)CC3)nn2)cc1. The van der Waals surface area contributed by atoms with Gasteiger partial charge in [0.15, 0.2) is 5.69 Å². The Bertz CT molecular complexity index is 627. The van der Waals surface area contributed by atoms with E-state index in [1.54, 1.807) is 15.8 Å². The first kappa shape index (κ1) is 13.8. The van der Waals surface area contributed by atoms with Crippen LogP contribution >= 0.6 is 0 Å². The van der Waals surface area contributed by atoms with Crippen LogP contribution in [0.15, 0.2) is 30.5 Å². The van der Waals surface area contributed by atoms with Gasteiger partial charge in [-0.05, 0) is 31.9 Å². The standard InChI is InChI=1S/C15H18N4O2/c1-11-2-4-12(5-3-11)19-10-14(16-17-19)15(21)18-8-6-13(20)7-9-18/h2-5,10,13,20H,6-9H2,1H3. The molecule has 0 unspecified atom stereocenters. The van der Waals surface area contributed by atoms with Crippen molar-refractivity contribution in [1.29, 1.82) is 0 Å². The van der Waals surface area contributed by atoms with E-state index in [9.17, 15) is 9.90 Å². The number of likely N-dealkylation sites (tertiary alicyclic amines) is 1. The highest BCUT2D eigenvalue weighted by atomic mass is 16.3. The number of nitrogens with zero attached hydrogens (tertiary/aromatic N) is 4. The number of piperidine rings is 1. The summed E-state index contributed by atoms with van der Waals surface area (Å²) in [5.41, 5.74) is 2.38. The maximum Gasteiger partial charge on any atom is 0.276 e. The van der Waals surface area contributed by atoms with E-state index in [-0.39, 0.29) is 12.0 Å². The van der Waals surface area contributed by atoms with E-state index < -0.39 is 0 Å². The second-order valence-electron chi connectivity index (χ2n) is 5.41. The Morgan fingerprint density at radius 1 is 1.24 bits per heavy atom. The van der Waals surface area contributed by atoms with Gasteiger partial charge in [-0.2, -0.15) is 0 Å². The number of carbonyl (C=O) groups excluding carboxylic acids is 1. The van der Waals surface area contributed by atoms with Gasteiger partial charge in [-0.25, -0.2) is 4.68 Å². The highest BCUT2D eigenvalue weighted by molar-refractivity contribution is 5.92. The summed E-state index contributed by atoms with van der Waals surface area (Å²) in [4.78, 5) is 14.1. The lowest BCUT2D eigenvalue weighted by Gasteiger charge is -2.28. The molecule has 1 N–H and O–H groups in total. The van der Waals surface area contributed by atoms with Crippen molar-refractivity contribution in [2.24, 2.45) is 0 Å². The summed E-state index contributed by atoms with van der Waals surface area (Å²) in [6, 6.07) is 7.86. The molecule has 21 heavy (non-hydrogen) atoms. The fourth-order valence-electron chi connectivity index (χ4n) is 2.42. The maximum atomic E-state index is 12.3. The third-order valence-corrected chi connectivity index (χ3v) is 3.76. The molecule has 0 atom stereocenters. The van der Waals surface area contributed by atoms with Crippen molar-refractivity contribution in [2.45, 2.75) is 25.9 Å². The highest BCUT2D eigenvalue weighted by Crippen LogP contribution is 2.14. The lowest BCUT2D eigenvalue weighted by atomic mass is 10.1. The van der Waals surface area contributed by atoms with Gasteiger partial charge >= 0.3 is 0 Å². The smallest absolute Gasteiger partial charge is 0.276 e. The van der Waals surface area contributed by atoms with E-state index in [1.807, 2.05) is 31.2 Å². The number of amides is 1. The Hall–Kier alpha value is -2.21. The number of hydrogen-bond acceptors (Lipinski definition) is 4. The molecule has 1 aliphatic heterocycles. The van der Waals surface area contributed by atoms with Gasteiger partial charge in [0, 0.05) is 13.1 Å². The Morgan fingerprint density at radius 2 is 1.90 bits per heavy atom. The fourth-order valence-corrected chi connectivity index (χ4v) is 2.42. The van der Waals surface area contributed by atoms with Crippen molar-refractivity contribution < 1.29 is 9.90 Å². The first-order valence-corrected chi connectivity index (χ1v) is 7.10. The van der Waals surface area contributed by atoms with Gasteiger partial charge in [0.05, 0.1) is 18.0 Å². The zero-order chi connectivity index (χ0) is 14.8. The molecule has 0 saturated carbocycles. The van der Waals surface area contributed by atoms with Crippen LogP contribution in [0, 0.1) is 6.92 Å². The molecule has 1 aromatic heterocycles. The highest BCUT2D eigenvalue weighted by Gasteiger charge is 2.24. The predicted molar refractivity (Wildman–Crippen MR) is 77.2 cm³/mol. The first-order valence-electron chi connectivity index (χ1n) is 7.10. The lowest BCUT2D eigenvalue weighted by Crippen LogP contribution is -2.40. The number of hydrogen-bond donors (Lipinski definition) is 1. The third kappa shape index (κ3) is 2.95. The van der Waals surface area contributed by atoms with E-state index in [0.717, 1.165) is 5.69 Å². The van der Waals surface area contributed by atoms with E-state index >= 15 is 0 Å². The molecule has 2 heterocycles. The van der Waals surface area contributed by atoms with Crippen LogP contribution in [0.5, 0.6) is 0 Å². The van der Waals surface area contributed by atoms with Crippen LogP contribution in [0.25, 0.3) is 5.69 Å². The van der Waals surface area contributed by atoms with Crippen LogP contribution in [-0.2, 0) is 0 Å². The molecule has 0 spiro atoms. The average molecular weight is 286 g/mol. The van der Waals surface area contributed by atoms with Crippen LogP contribution in [0.2, 0.25) is 0 Å². The number of aryl methyl sites for hydroxylation is 1. The summed E-state index contributed by atoms with van der Waals surface area (Å²) in [5.74, 6) is -0.125. The minimum Gasteiger partial charge on any atom is -0.393 e. The second kappa shape index (κ2) is 5.65. The molecule has 1 aliphatic rings. The van der Waals surface area contributed by atoms with Gasteiger partial charge in [0.1, 0.15) is 0 Å². The Balaban J connectivity index is 1.75. The normalized spacial score (nSPS) is 16.2. The summed E-state index contributed by atoms with van der Waals surface area (Å²) in [6.07, 6.45) is 2.60. The van der Waals surface area contributed by atoms with Crippen molar-refractivity contribution in [3.05, 3.63) is 41.7 Å². The van der Waals surface area contributed by atoms with Crippen molar-refractivity contribution >= 4 is 5.91 Å². The Morgan fingerprint density at radius 3 is 2.57 bits per heavy atom. The lowest BCUT2D eigenvalue weighted by molar-refractivity contribution is 0.0541. The Kier molecular flexibility index (Phi) is 3.70.